The molecule has 1 aromatic heterocycles. The number of carboxylic acids is 1. The SMILES string of the molecule is O=C(O)c1nn2c(c1-c1ccccc1)CNCC2. The highest BCUT2D eigenvalue weighted by molar-refractivity contribution is 5.94. The molecular weight excluding hydrogens is 230 g/mol. The van der Waals surface area contributed by atoms with Crippen LogP contribution < -0.4 is 5.32 Å². The number of aromatic carboxylic acids is 1. The molecule has 92 valence electrons. The number of nitrogens with zero attached hydrogens (tertiary/aromatic N) is 2. The molecule has 0 fully saturated rings. The number of rotatable bonds is 2. The number of nitrogens with one attached hydrogen (secondary N) is 1. The second kappa shape index (κ2) is 4.27. The van der Waals surface area contributed by atoms with Crippen molar-refractivity contribution in [2.24, 2.45) is 0 Å². The van der Waals surface area contributed by atoms with E-state index in [0.29, 0.717) is 13.1 Å². The topological polar surface area (TPSA) is 67.1 Å². The first kappa shape index (κ1) is 11.0. The predicted molar refractivity (Wildman–Crippen MR) is 66.3 cm³/mol. The van der Waals surface area contributed by atoms with Crippen LogP contribution in [-0.4, -0.2) is 27.4 Å². The van der Waals surface area contributed by atoms with Gasteiger partial charge in [-0.3, -0.25) is 4.68 Å². The van der Waals surface area contributed by atoms with Gasteiger partial charge in [0, 0.05) is 18.7 Å². The Morgan fingerprint density at radius 2 is 2.11 bits per heavy atom. The van der Waals surface area contributed by atoms with Crippen LogP contribution in [0.15, 0.2) is 30.3 Å². The molecule has 0 saturated heterocycles. The lowest BCUT2D eigenvalue weighted by atomic mass is 10.0. The molecule has 2 heterocycles. The van der Waals surface area contributed by atoms with Crippen molar-refractivity contribution in [3.8, 4) is 11.1 Å². The van der Waals surface area contributed by atoms with E-state index in [2.05, 4.69) is 10.4 Å². The van der Waals surface area contributed by atoms with E-state index in [1.54, 1.807) is 4.68 Å². The highest BCUT2D eigenvalue weighted by Crippen LogP contribution is 2.28. The van der Waals surface area contributed by atoms with Crippen molar-refractivity contribution in [3.63, 3.8) is 0 Å². The van der Waals surface area contributed by atoms with E-state index in [4.69, 9.17) is 0 Å². The van der Waals surface area contributed by atoms with E-state index < -0.39 is 5.97 Å². The van der Waals surface area contributed by atoms with E-state index >= 15 is 0 Å². The third-order valence-electron chi connectivity index (χ3n) is 3.12. The zero-order valence-electron chi connectivity index (χ0n) is 9.76. The Balaban J connectivity index is 2.23. The summed E-state index contributed by atoms with van der Waals surface area (Å²) >= 11 is 0. The Morgan fingerprint density at radius 3 is 2.83 bits per heavy atom. The highest BCUT2D eigenvalue weighted by Gasteiger charge is 2.24. The van der Waals surface area contributed by atoms with Gasteiger partial charge in [0.25, 0.3) is 0 Å². The number of carbonyl (C=O) groups is 1. The Morgan fingerprint density at radius 1 is 1.33 bits per heavy atom. The fraction of sp³-hybridized carbons (Fsp3) is 0.231. The molecule has 0 atom stereocenters. The minimum absolute atomic E-state index is 0.139. The number of fused-ring (bicyclic) bond motifs is 1. The van der Waals surface area contributed by atoms with Gasteiger partial charge in [0.05, 0.1) is 12.2 Å². The summed E-state index contributed by atoms with van der Waals surface area (Å²) in [5.74, 6) is -0.976. The van der Waals surface area contributed by atoms with Crippen LogP contribution in [0, 0.1) is 0 Å². The van der Waals surface area contributed by atoms with E-state index in [9.17, 15) is 9.90 Å². The molecule has 2 aromatic rings. The number of benzene rings is 1. The van der Waals surface area contributed by atoms with E-state index in [1.807, 2.05) is 30.3 Å². The van der Waals surface area contributed by atoms with Crippen LogP contribution in [0.5, 0.6) is 0 Å². The van der Waals surface area contributed by atoms with Crippen molar-refractivity contribution < 1.29 is 9.90 Å². The van der Waals surface area contributed by atoms with Crippen LogP contribution in [0.25, 0.3) is 11.1 Å². The lowest BCUT2D eigenvalue weighted by Crippen LogP contribution is -2.28. The zero-order valence-corrected chi connectivity index (χ0v) is 9.76. The third-order valence-corrected chi connectivity index (χ3v) is 3.12. The van der Waals surface area contributed by atoms with Gasteiger partial charge in [-0.25, -0.2) is 4.79 Å². The van der Waals surface area contributed by atoms with Crippen LogP contribution in [0.3, 0.4) is 0 Å². The first-order valence-corrected chi connectivity index (χ1v) is 5.86. The first-order chi connectivity index (χ1) is 8.77. The lowest BCUT2D eigenvalue weighted by molar-refractivity contribution is 0.0690. The van der Waals surface area contributed by atoms with Crippen LogP contribution in [0.2, 0.25) is 0 Å². The maximum Gasteiger partial charge on any atom is 0.357 e. The monoisotopic (exact) mass is 243 g/mol. The van der Waals surface area contributed by atoms with Gasteiger partial charge in [0.1, 0.15) is 0 Å². The van der Waals surface area contributed by atoms with Gasteiger partial charge < -0.3 is 10.4 Å². The van der Waals surface area contributed by atoms with Crippen molar-refractivity contribution in [1.29, 1.82) is 0 Å². The van der Waals surface area contributed by atoms with Gasteiger partial charge in [-0.15, -0.1) is 0 Å². The molecular formula is C13H13N3O2. The minimum Gasteiger partial charge on any atom is -0.476 e. The maximum absolute atomic E-state index is 11.3. The van der Waals surface area contributed by atoms with Crippen LogP contribution >= 0.6 is 0 Å². The first-order valence-electron chi connectivity index (χ1n) is 5.86. The fourth-order valence-corrected chi connectivity index (χ4v) is 2.31. The standard InChI is InChI=1S/C13H13N3O2/c17-13(18)12-11(9-4-2-1-3-5-9)10-8-14-6-7-16(10)15-12/h1-5,14H,6-8H2,(H,17,18). The molecule has 3 rings (SSSR count). The molecule has 0 aliphatic carbocycles. The van der Waals surface area contributed by atoms with E-state index in [1.165, 1.54) is 0 Å². The molecule has 2 N–H and O–H groups in total. The zero-order chi connectivity index (χ0) is 12.5. The van der Waals surface area contributed by atoms with Crippen molar-refractivity contribution in [2.45, 2.75) is 13.1 Å². The molecule has 0 radical (unpaired) electrons. The van der Waals surface area contributed by atoms with E-state index in [0.717, 1.165) is 23.4 Å². The quantitative estimate of drug-likeness (QED) is 0.835. The van der Waals surface area contributed by atoms with Gasteiger partial charge >= 0.3 is 5.97 Å². The molecule has 0 spiro atoms. The van der Waals surface area contributed by atoms with E-state index in [-0.39, 0.29) is 5.69 Å². The van der Waals surface area contributed by atoms with Crippen molar-refractivity contribution in [1.82, 2.24) is 15.1 Å². The Bertz CT molecular complexity index is 590. The van der Waals surface area contributed by atoms with Crippen LogP contribution in [0.1, 0.15) is 16.2 Å². The lowest BCUT2D eigenvalue weighted by Gasteiger charge is -2.16. The van der Waals surface area contributed by atoms with Crippen molar-refractivity contribution in [3.05, 3.63) is 41.7 Å². The van der Waals surface area contributed by atoms with Crippen molar-refractivity contribution >= 4 is 5.97 Å². The number of carboxylic acid groups (broad SMARTS) is 1. The summed E-state index contributed by atoms with van der Waals surface area (Å²) in [6.07, 6.45) is 0. The number of aromatic nitrogens is 2. The Kier molecular flexibility index (Phi) is 2.60. The second-order valence-electron chi connectivity index (χ2n) is 4.24. The summed E-state index contributed by atoms with van der Waals surface area (Å²) < 4.78 is 1.79. The van der Waals surface area contributed by atoms with Gasteiger partial charge in [-0.2, -0.15) is 5.10 Å². The Hall–Kier alpha value is -2.14. The molecule has 0 saturated carbocycles. The van der Waals surface area contributed by atoms with Crippen LogP contribution in [0.4, 0.5) is 0 Å². The largest absolute Gasteiger partial charge is 0.476 e. The molecule has 0 unspecified atom stereocenters. The second-order valence-corrected chi connectivity index (χ2v) is 4.24. The smallest absolute Gasteiger partial charge is 0.357 e. The number of hydrogen-bond donors (Lipinski definition) is 2. The third kappa shape index (κ3) is 1.69. The van der Waals surface area contributed by atoms with Gasteiger partial charge in [0.2, 0.25) is 0 Å². The van der Waals surface area contributed by atoms with Gasteiger partial charge in [-0.1, -0.05) is 30.3 Å². The fourth-order valence-electron chi connectivity index (χ4n) is 2.31. The minimum atomic E-state index is -0.976. The highest BCUT2D eigenvalue weighted by atomic mass is 16.4. The summed E-state index contributed by atoms with van der Waals surface area (Å²) in [6, 6.07) is 9.55. The molecule has 0 amide bonds. The molecule has 18 heavy (non-hydrogen) atoms. The molecule has 1 aromatic carbocycles. The summed E-state index contributed by atoms with van der Waals surface area (Å²) in [4.78, 5) is 11.3. The normalized spacial score (nSPS) is 14.2. The maximum atomic E-state index is 11.3. The Labute approximate surface area is 104 Å². The molecule has 0 bridgehead atoms. The predicted octanol–water partition coefficient (Wildman–Crippen LogP) is 1.35. The average molecular weight is 243 g/mol. The molecule has 5 heteroatoms. The van der Waals surface area contributed by atoms with Crippen molar-refractivity contribution in [2.75, 3.05) is 6.54 Å². The molecule has 1 aliphatic rings. The molecule has 5 nitrogen and oxygen atoms in total. The summed E-state index contributed by atoms with van der Waals surface area (Å²) in [5.41, 5.74) is 2.72. The average Bonchev–Trinajstić information content (AvgIpc) is 2.79. The number of hydrogen-bond acceptors (Lipinski definition) is 3. The van der Waals surface area contributed by atoms with Gasteiger partial charge in [-0.05, 0) is 5.56 Å². The molecule has 1 aliphatic heterocycles. The van der Waals surface area contributed by atoms with Gasteiger partial charge in [0.15, 0.2) is 5.69 Å². The summed E-state index contributed by atoms with van der Waals surface area (Å²) in [5, 5.41) is 16.7. The van der Waals surface area contributed by atoms with Crippen LogP contribution in [-0.2, 0) is 13.1 Å². The summed E-state index contributed by atoms with van der Waals surface area (Å²) in [6.45, 7) is 2.19. The summed E-state index contributed by atoms with van der Waals surface area (Å²) in [7, 11) is 0.